The van der Waals surface area contributed by atoms with Crippen LogP contribution in [0.5, 0.6) is 0 Å². The number of carbonyl (C=O) groups is 1. The molecule has 2 aromatic heterocycles. The number of benzene rings is 2. The van der Waals surface area contributed by atoms with Gasteiger partial charge in [0.15, 0.2) is 0 Å². The Balaban J connectivity index is 1.83. The van der Waals surface area contributed by atoms with Crippen LogP contribution in [0.25, 0.3) is 27.6 Å². The number of fused-ring (bicyclic) bond motifs is 2. The van der Waals surface area contributed by atoms with Gasteiger partial charge < -0.3 is 15.4 Å². The number of primary amides is 1. The summed E-state index contributed by atoms with van der Waals surface area (Å²) in [5.41, 5.74) is 9.25. The molecule has 0 bridgehead atoms. The van der Waals surface area contributed by atoms with Crippen LogP contribution in [0.2, 0.25) is 0 Å². The zero-order valence-electron chi connectivity index (χ0n) is 16.4. The molecule has 7 nitrogen and oxygen atoms in total. The number of hydrogen-bond acceptors (Lipinski definition) is 5. The van der Waals surface area contributed by atoms with Gasteiger partial charge in [-0.05, 0) is 37.3 Å². The Morgan fingerprint density at radius 3 is 2.77 bits per heavy atom. The first kappa shape index (κ1) is 18.5. The quantitative estimate of drug-likeness (QED) is 0.566. The molecule has 0 spiro atoms. The van der Waals surface area contributed by atoms with Gasteiger partial charge in [0.25, 0.3) is 5.91 Å². The number of aromatic nitrogens is 3. The third-order valence-corrected chi connectivity index (χ3v) is 5.49. The molecule has 0 saturated carbocycles. The van der Waals surface area contributed by atoms with Gasteiger partial charge in [-0.2, -0.15) is 0 Å². The molecule has 1 aliphatic heterocycles. The van der Waals surface area contributed by atoms with Crippen LogP contribution in [0.3, 0.4) is 0 Å². The molecule has 0 unspecified atom stereocenters. The molecule has 2 aromatic carbocycles. The third kappa shape index (κ3) is 2.88. The van der Waals surface area contributed by atoms with Crippen molar-refractivity contribution in [2.45, 2.75) is 6.92 Å². The van der Waals surface area contributed by atoms with E-state index in [1.165, 1.54) is 6.07 Å². The zero-order valence-corrected chi connectivity index (χ0v) is 16.4. The standard InChI is InChI=1S/C22H20FN5O2/c1-13-26-21-15(22(24)29)11-14(27-7-9-30-10-8-27)12-19(21)28(13)18-5-6-25-17-4-2-3-16(23)20(17)18/h2-6,11-12H,7-10H2,1H3,(H2,24,29). The highest BCUT2D eigenvalue weighted by Gasteiger charge is 2.22. The second kappa shape index (κ2) is 7.07. The minimum atomic E-state index is -0.550. The summed E-state index contributed by atoms with van der Waals surface area (Å²) in [6.45, 7) is 4.48. The second-order valence-electron chi connectivity index (χ2n) is 7.28. The number of hydrogen-bond donors (Lipinski definition) is 1. The molecule has 1 fully saturated rings. The molecule has 8 heteroatoms. The molecule has 0 radical (unpaired) electrons. The molecule has 152 valence electrons. The number of anilines is 1. The van der Waals surface area contributed by atoms with E-state index in [4.69, 9.17) is 10.5 Å². The molecule has 2 N–H and O–H groups in total. The van der Waals surface area contributed by atoms with Gasteiger partial charge >= 0.3 is 0 Å². The van der Waals surface area contributed by atoms with Crippen LogP contribution < -0.4 is 10.6 Å². The van der Waals surface area contributed by atoms with Crippen molar-refractivity contribution in [2.75, 3.05) is 31.2 Å². The van der Waals surface area contributed by atoms with E-state index in [0.717, 1.165) is 5.69 Å². The number of morpholine rings is 1. The highest BCUT2D eigenvalue weighted by atomic mass is 19.1. The first-order valence-corrected chi connectivity index (χ1v) is 9.74. The monoisotopic (exact) mass is 405 g/mol. The lowest BCUT2D eigenvalue weighted by atomic mass is 10.1. The van der Waals surface area contributed by atoms with Gasteiger partial charge in [-0.25, -0.2) is 9.37 Å². The summed E-state index contributed by atoms with van der Waals surface area (Å²) in [5.74, 6) is -0.288. The van der Waals surface area contributed by atoms with Crippen LogP contribution in [0.1, 0.15) is 16.2 Å². The minimum Gasteiger partial charge on any atom is -0.378 e. The largest absolute Gasteiger partial charge is 0.378 e. The molecule has 1 saturated heterocycles. The van der Waals surface area contributed by atoms with Crippen LogP contribution in [0, 0.1) is 12.7 Å². The molecular weight excluding hydrogens is 385 g/mol. The fourth-order valence-electron chi connectivity index (χ4n) is 4.11. The Morgan fingerprint density at radius 1 is 1.20 bits per heavy atom. The highest BCUT2D eigenvalue weighted by Crippen LogP contribution is 2.32. The lowest BCUT2D eigenvalue weighted by Crippen LogP contribution is -2.36. The average molecular weight is 405 g/mol. The Kier molecular flexibility index (Phi) is 4.36. The number of nitrogens with two attached hydrogens (primary N) is 1. The number of amides is 1. The van der Waals surface area contributed by atoms with Crippen molar-refractivity contribution in [1.29, 1.82) is 0 Å². The van der Waals surface area contributed by atoms with Crippen LogP contribution in [0.15, 0.2) is 42.6 Å². The SMILES string of the molecule is Cc1nc2c(C(N)=O)cc(N3CCOCC3)cc2n1-c1ccnc2cccc(F)c12. The lowest BCUT2D eigenvalue weighted by Gasteiger charge is -2.29. The predicted molar refractivity (Wildman–Crippen MR) is 113 cm³/mol. The molecule has 0 atom stereocenters. The fraction of sp³-hybridized carbons (Fsp3) is 0.227. The molecular formula is C22H20FN5O2. The van der Waals surface area contributed by atoms with E-state index in [9.17, 15) is 9.18 Å². The van der Waals surface area contributed by atoms with Crippen molar-refractivity contribution in [3.8, 4) is 5.69 Å². The second-order valence-corrected chi connectivity index (χ2v) is 7.28. The van der Waals surface area contributed by atoms with Crippen LogP contribution in [-0.2, 0) is 4.74 Å². The van der Waals surface area contributed by atoms with E-state index in [1.54, 1.807) is 30.5 Å². The Hall–Kier alpha value is -3.52. The molecule has 1 amide bonds. The summed E-state index contributed by atoms with van der Waals surface area (Å²) in [5, 5.41) is 0.403. The van der Waals surface area contributed by atoms with Gasteiger partial charge in [0.05, 0.1) is 40.9 Å². The van der Waals surface area contributed by atoms with Crippen LogP contribution in [-0.4, -0.2) is 46.7 Å². The maximum atomic E-state index is 14.8. The van der Waals surface area contributed by atoms with E-state index in [0.29, 0.717) is 65.3 Å². The summed E-state index contributed by atoms with van der Waals surface area (Å²) < 4.78 is 22.1. The van der Waals surface area contributed by atoms with Gasteiger partial charge in [0, 0.05) is 25.0 Å². The molecule has 4 aromatic rings. The highest BCUT2D eigenvalue weighted by molar-refractivity contribution is 6.06. The number of carbonyl (C=O) groups excluding carboxylic acids is 1. The van der Waals surface area contributed by atoms with Gasteiger partial charge in [-0.15, -0.1) is 0 Å². The smallest absolute Gasteiger partial charge is 0.251 e. The average Bonchev–Trinajstić information content (AvgIpc) is 3.09. The fourth-order valence-corrected chi connectivity index (χ4v) is 4.11. The van der Waals surface area contributed by atoms with Crippen molar-refractivity contribution in [3.05, 3.63) is 59.8 Å². The maximum absolute atomic E-state index is 14.8. The van der Waals surface area contributed by atoms with Gasteiger partial charge in [-0.3, -0.25) is 14.3 Å². The van der Waals surface area contributed by atoms with E-state index >= 15 is 0 Å². The number of rotatable bonds is 3. The summed E-state index contributed by atoms with van der Waals surface area (Å²) in [4.78, 5) is 23.3. The number of halogens is 1. The molecule has 5 rings (SSSR count). The van der Waals surface area contributed by atoms with Crippen molar-refractivity contribution in [2.24, 2.45) is 5.73 Å². The first-order valence-electron chi connectivity index (χ1n) is 9.74. The lowest BCUT2D eigenvalue weighted by molar-refractivity contribution is 0.100. The number of aryl methyl sites for hydroxylation is 1. The van der Waals surface area contributed by atoms with Gasteiger partial charge in [-0.1, -0.05) is 6.07 Å². The van der Waals surface area contributed by atoms with E-state index in [1.807, 2.05) is 17.6 Å². The van der Waals surface area contributed by atoms with Crippen molar-refractivity contribution < 1.29 is 13.9 Å². The van der Waals surface area contributed by atoms with Gasteiger partial charge in [0.2, 0.25) is 0 Å². The predicted octanol–water partition coefficient (Wildman–Crippen LogP) is 2.96. The summed E-state index contributed by atoms with van der Waals surface area (Å²) in [6, 6.07) is 10.3. The van der Waals surface area contributed by atoms with Crippen molar-refractivity contribution >= 4 is 33.5 Å². The Labute approximate surface area is 171 Å². The molecule has 3 heterocycles. The van der Waals surface area contributed by atoms with Crippen molar-refractivity contribution in [1.82, 2.24) is 14.5 Å². The van der Waals surface area contributed by atoms with Crippen LogP contribution in [0.4, 0.5) is 10.1 Å². The number of imidazole rings is 1. The number of pyridine rings is 1. The number of nitrogens with zero attached hydrogens (tertiary/aromatic N) is 4. The number of ether oxygens (including phenoxy) is 1. The summed E-state index contributed by atoms with van der Waals surface area (Å²) >= 11 is 0. The maximum Gasteiger partial charge on any atom is 0.251 e. The normalized spacial score (nSPS) is 14.5. The summed E-state index contributed by atoms with van der Waals surface area (Å²) in [7, 11) is 0. The van der Waals surface area contributed by atoms with E-state index in [-0.39, 0.29) is 5.82 Å². The third-order valence-electron chi connectivity index (χ3n) is 5.49. The molecule has 0 aliphatic carbocycles. The first-order chi connectivity index (χ1) is 14.5. The van der Waals surface area contributed by atoms with E-state index in [2.05, 4.69) is 14.9 Å². The zero-order chi connectivity index (χ0) is 20.8. The summed E-state index contributed by atoms with van der Waals surface area (Å²) in [6.07, 6.45) is 1.64. The van der Waals surface area contributed by atoms with Gasteiger partial charge in [0.1, 0.15) is 17.2 Å². The van der Waals surface area contributed by atoms with Crippen LogP contribution >= 0.6 is 0 Å². The molecule has 30 heavy (non-hydrogen) atoms. The minimum absolute atomic E-state index is 0.342. The Morgan fingerprint density at radius 2 is 2.00 bits per heavy atom. The van der Waals surface area contributed by atoms with Crippen molar-refractivity contribution in [3.63, 3.8) is 0 Å². The molecule has 1 aliphatic rings. The Bertz CT molecular complexity index is 1290. The topological polar surface area (TPSA) is 86.3 Å². The van der Waals surface area contributed by atoms with E-state index < -0.39 is 5.91 Å².